The molecular formula is C29H40FN3O4. The molecule has 0 bridgehead atoms. The Morgan fingerprint density at radius 3 is 2.68 bits per heavy atom. The Morgan fingerprint density at radius 2 is 1.95 bits per heavy atom. The molecule has 0 unspecified atom stereocenters. The highest BCUT2D eigenvalue weighted by Gasteiger charge is 2.32. The molecule has 1 N–H and O–H groups in total. The topological polar surface area (TPSA) is 63.3 Å². The van der Waals surface area contributed by atoms with E-state index in [4.69, 9.17) is 14.2 Å². The molecule has 7 nitrogen and oxygen atoms in total. The fraction of sp³-hybridized carbons (Fsp3) is 0.552. The zero-order chi connectivity index (χ0) is 26.2. The molecule has 2 aromatic rings. The van der Waals surface area contributed by atoms with Gasteiger partial charge in [0.2, 0.25) is 5.91 Å². The summed E-state index contributed by atoms with van der Waals surface area (Å²) < 4.78 is 30.4. The average molecular weight is 514 g/mol. The highest BCUT2D eigenvalue weighted by molar-refractivity contribution is 5.79. The highest BCUT2D eigenvalue weighted by Crippen LogP contribution is 2.30. The summed E-state index contributed by atoms with van der Waals surface area (Å²) in [5.41, 5.74) is 1.09. The molecule has 8 heteroatoms. The maximum absolute atomic E-state index is 13.6. The van der Waals surface area contributed by atoms with Crippen LogP contribution in [0.5, 0.6) is 17.2 Å². The Bertz CT molecular complexity index is 1040. The molecule has 3 atom stereocenters. The molecule has 4 rings (SSSR count). The Kier molecular flexibility index (Phi) is 9.63. The highest BCUT2D eigenvalue weighted by atomic mass is 19.1. The minimum absolute atomic E-state index is 0.105. The number of methoxy groups -OCH3 is 2. The summed E-state index contributed by atoms with van der Waals surface area (Å²) >= 11 is 0. The van der Waals surface area contributed by atoms with E-state index in [9.17, 15) is 9.18 Å². The van der Waals surface area contributed by atoms with Crippen LogP contribution in [0.25, 0.3) is 0 Å². The first-order chi connectivity index (χ1) is 17.9. The van der Waals surface area contributed by atoms with Crippen LogP contribution in [0.3, 0.4) is 0 Å². The maximum atomic E-state index is 13.6. The number of ether oxygens (including phenoxy) is 3. The maximum Gasteiger partial charge on any atom is 0.224 e. The van der Waals surface area contributed by atoms with Crippen molar-refractivity contribution in [3.8, 4) is 17.2 Å². The van der Waals surface area contributed by atoms with Crippen LogP contribution in [0.2, 0.25) is 0 Å². The van der Waals surface area contributed by atoms with Crippen molar-refractivity contribution in [2.24, 2.45) is 11.8 Å². The predicted molar refractivity (Wildman–Crippen MR) is 142 cm³/mol. The van der Waals surface area contributed by atoms with Gasteiger partial charge in [0.15, 0.2) is 11.5 Å². The van der Waals surface area contributed by atoms with E-state index in [1.165, 1.54) is 25.0 Å². The summed E-state index contributed by atoms with van der Waals surface area (Å²) in [6.45, 7) is 4.43. The van der Waals surface area contributed by atoms with Crippen LogP contribution in [-0.4, -0.2) is 75.8 Å². The first kappa shape index (κ1) is 27.2. The second-order valence-corrected chi connectivity index (χ2v) is 10.3. The first-order valence-corrected chi connectivity index (χ1v) is 13.2. The average Bonchev–Trinajstić information content (AvgIpc) is 3.31. The molecule has 2 aliphatic heterocycles. The molecule has 2 aliphatic rings. The monoisotopic (exact) mass is 513 g/mol. The summed E-state index contributed by atoms with van der Waals surface area (Å²) in [4.78, 5) is 17.9. The Hall–Kier alpha value is -2.84. The van der Waals surface area contributed by atoms with Crippen molar-refractivity contribution in [3.63, 3.8) is 0 Å². The number of nitrogens with zero attached hydrogens (tertiary/aromatic N) is 2. The smallest absolute Gasteiger partial charge is 0.224 e. The molecule has 0 spiro atoms. The van der Waals surface area contributed by atoms with Crippen LogP contribution < -0.4 is 19.5 Å². The van der Waals surface area contributed by atoms with Gasteiger partial charge in [-0.05, 0) is 69.1 Å². The van der Waals surface area contributed by atoms with E-state index in [1.807, 2.05) is 18.2 Å². The van der Waals surface area contributed by atoms with Gasteiger partial charge in [0.05, 0.1) is 26.7 Å². The fourth-order valence-electron chi connectivity index (χ4n) is 5.60. The van der Waals surface area contributed by atoms with E-state index in [1.54, 1.807) is 26.4 Å². The van der Waals surface area contributed by atoms with Crippen molar-refractivity contribution >= 4 is 5.91 Å². The van der Waals surface area contributed by atoms with Gasteiger partial charge < -0.3 is 24.4 Å². The zero-order valence-corrected chi connectivity index (χ0v) is 22.2. The predicted octanol–water partition coefficient (Wildman–Crippen LogP) is 3.96. The van der Waals surface area contributed by atoms with E-state index >= 15 is 0 Å². The van der Waals surface area contributed by atoms with Gasteiger partial charge in [-0.3, -0.25) is 9.69 Å². The van der Waals surface area contributed by atoms with Crippen LogP contribution in [0.15, 0.2) is 42.5 Å². The van der Waals surface area contributed by atoms with Crippen LogP contribution in [0.1, 0.15) is 31.2 Å². The third-order valence-corrected chi connectivity index (χ3v) is 7.57. The second kappa shape index (κ2) is 13.1. The van der Waals surface area contributed by atoms with Gasteiger partial charge in [-0.2, -0.15) is 0 Å². The molecule has 0 aliphatic carbocycles. The number of amides is 1. The van der Waals surface area contributed by atoms with Gasteiger partial charge >= 0.3 is 0 Å². The van der Waals surface area contributed by atoms with Crippen molar-refractivity contribution < 1.29 is 23.4 Å². The summed E-state index contributed by atoms with van der Waals surface area (Å²) in [7, 11) is 5.42. The summed E-state index contributed by atoms with van der Waals surface area (Å²) in [5, 5.41) is 3.20. The van der Waals surface area contributed by atoms with Crippen LogP contribution >= 0.6 is 0 Å². The van der Waals surface area contributed by atoms with Gasteiger partial charge in [-0.25, -0.2) is 4.39 Å². The molecule has 2 aromatic carbocycles. The molecule has 1 amide bonds. The van der Waals surface area contributed by atoms with Gasteiger partial charge in [0.25, 0.3) is 0 Å². The normalized spacial score (nSPS) is 22.5. The minimum Gasteiger partial charge on any atom is -0.493 e. The largest absolute Gasteiger partial charge is 0.493 e. The number of likely N-dealkylation sites (tertiary alicyclic amines) is 2. The summed E-state index contributed by atoms with van der Waals surface area (Å²) in [6.07, 6.45) is 4.16. The third kappa shape index (κ3) is 7.58. The van der Waals surface area contributed by atoms with Gasteiger partial charge in [0, 0.05) is 44.2 Å². The lowest BCUT2D eigenvalue weighted by molar-refractivity contribution is -0.127. The van der Waals surface area contributed by atoms with Crippen LogP contribution in [0.4, 0.5) is 4.39 Å². The summed E-state index contributed by atoms with van der Waals surface area (Å²) in [5.74, 6) is 1.70. The lowest BCUT2D eigenvalue weighted by Crippen LogP contribution is -2.47. The molecule has 37 heavy (non-hydrogen) atoms. The number of halogens is 1. The number of rotatable bonds is 11. The zero-order valence-electron chi connectivity index (χ0n) is 22.2. The standard InChI is InChI=1S/C29H40FN3O4/c1-32-13-5-7-25(32)11-12-31-29(34)23-14-22(20-37-26-8-4-6-24(30)16-26)18-33(19-23)17-21-9-10-27(35-2)28(15-21)36-3/h4,6,8-10,15-16,22-23,25H,5,7,11-14,17-20H2,1-3H3,(H,31,34)/t22-,23+,25+/m0/s1. The van der Waals surface area contributed by atoms with Gasteiger partial charge in [0.1, 0.15) is 11.6 Å². The van der Waals surface area contributed by atoms with Crippen molar-refractivity contribution in [1.82, 2.24) is 15.1 Å². The molecular weight excluding hydrogens is 473 g/mol. The van der Waals surface area contributed by atoms with Crippen LogP contribution in [-0.2, 0) is 11.3 Å². The number of carbonyl (C=O) groups excluding carboxylic acids is 1. The van der Waals surface area contributed by atoms with Crippen LogP contribution in [0, 0.1) is 17.7 Å². The molecule has 202 valence electrons. The molecule has 2 heterocycles. The van der Waals surface area contributed by atoms with E-state index in [2.05, 4.69) is 22.2 Å². The lowest BCUT2D eigenvalue weighted by atomic mass is 9.88. The number of hydrogen-bond acceptors (Lipinski definition) is 6. The minimum atomic E-state index is -0.318. The van der Waals surface area contributed by atoms with Crippen molar-refractivity contribution in [1.29, 1.82) is 0 Å². The SMILES string of the molecule is COc1ccc(CN2C[C@@H](COc3cccc(F)c3)C[C@@H](C(=O)NCC[C@H]3CCCN3C)C2)cc1OC. The fourth-order valence-corrected chi connectivity index (χ4v) is 5.60. The van der Waals surface area contributed by atoms with Crippen molar-refractivity contribution in [2.45, 2.75) is 38.3 Å². The van der Waals surface area contributed by atoms with E-state index in [-0.39, 0.29) is 23.6 Å². The number of carbonyl (C=O) groups is 1. The van der Waals surface area contributed by atoms with E-state index in [0.29, 0.717) is 49.5 Å². The van der Waals surface area contributed by atoms with E-state index in [0.717, 1.165) is 31.5 Å². The first-order valence-electron chi connectivity index (χ1n) is 13.2. The Morgan fingerprint density at radius 1 is 1.11 bits per heavy atom. The molecule has 2 saturated heterocycles. The quantitative estimate of drug-likeness (QED) is 0.491. The number of hydrogen-bond donors (Lipinski definition) is 1. The Balaban J connectivity index is 1.40. The van der Waals surface area contributed by atoms with Crippen molar-refractivity contribution in [3.05, 3.63) is 53.8 Å². The van der Waals surface area contributed by atoms with Gasteiger partial charge in [-0.1, -0.05) is 12.1 Å². The molecule has 0 radical (unpaired) electrons. The number of benzene rings is 2. The van der Waals surface area contributed by atoms with Crippen molar-refractivity contribution in [2.75, 3.05) is 54.1 Å². The number of nitrogens with one attached hydrogen (secondary N) is 1. The number of piperidine rings is 1. The van der Waals surface area contributed by atoms with Gasteiger partial charge in [-0.15, -0.1) is 0 Å². The molecule has 0 saturated carbocycles. The second-order valence-electron chi connectivity index (χ2n) is 10.3. The lowest BCUT2D eigenvalue weighted by Gasteiger charge is -2.37. The molecule has 0 aromatic heterocycles. The summed E-state index contributed by atoms with van der Waals surface area (Å²) in [6, 6.07) is 12.7. The van der Waals surface area contributed by atoms with E-state index < -0.39 is 0 Å². The molecule has 2 fully saturated rings. The Labute approximate surface area is 219 Å². The third-order valence-electron chi connectivity index (χ3n) is 7.57.